The number of hydrogen-bond acceptors (Lipinski definition) is 4. The predicted molar refractivity (Wildman–Crippen MR) is 84.9 cm³/mol. The number of aromatic nitrogens is 3. The van der Waals surface area contributed by atoms with E-state index in [-0.39, 0.29) is 12.1 Å². The Balaban J connectivity index is 1.58. The number of carbonyl (C=O) groups is 1. The van der Waals surface area contributed by atoms with Gasteiger partial charge in [-0.2, -0.15) is 5.10 Å². The van der Waals surface area contributed by atoms with Crippen LogP contribution in [0.5, 0.6) is 0 Å². The molecule has 1 N–H and O–H groups in total. The van der Waals surface area contributed by atoms with Crippen molar-refractivity contribution in [3.05, 3.63) is 48.0 Å². The van der Waals surface area contributed by atoms with Crippen LogP contribution >= 0.6 is 0 Å². The van der Waals surface area contributed by atoms with Gasteiger partial charge in [-0.25, -0.2) is 4.79 Å². The lowest BCUT2D eigenvalue weighted by Gasteiger charge is -2.39. The highest BCUT2D eigenvalue weighted by molar-refractivity contribution is 5.75. The molecule has 2 amide bonds. The largest absolute Gasteiger partial charge is 0.382 e. The van der Waals surface area contributed by atoms with E-state index in [4.69, 9.17) is 4.74 Å². The predicted octanol–water partition coefficient (Wildman–Crippen LogP) is 1.31. The maximum absolute atomic E-state index is 12.4. The van der Waals surface area contributed by atoms with Crippen LogP contribution in [0.3, 0.4) is 0 Å². The molecule has 1 aliphatic heterocycles. The molecule has 0 radical (unpaired) electrons. The third-order valence-corrected chi connectivity index (χ3v) is 4.12. The van der Waals surface area contributed by atoms with Gasteiger partial charge < -0.3 is 15.0 Å². The van der Waals surface area contributed by atoms with E-state index in [9.17, 15) is 4.79 Å². The van der Waals surface area contributed by atoms with Gasteiger partial charge in [-0.15, -0.1) is 0 Å². The second kappa shape index (κ2) is 6.78. The molecule has 1 saturated heterocycles. The van der Waals surface area contributed by atoms with Crippen LogP contribution in [0.1, 0.15) is 23.3 Å². The molecule has 23 heavy (non-hydrogen) atoms. The minimum atomic E-state index is -0.214. The van der Waals surface area contributed by atoms with Crippen molar-refractivity contribution < 1.29 is 9.53 Å². The van der Waals surface area contributed by atoms with Crippen LogP contribution in [-0.4, -0.2) is 52.5 Å². The number of rotatable bonds is 5. The van der Waals surface area contributed by atoms with Crippen molar-refractivity contribution >= 4 is 6.03 Å². The van der Waals surface area contributed by atoms with Crippen molar-refractivity contribution in [3.8, 4) is 0 Å². The molecular weight excluding hydrogens is 294 g/mol. The molecule has 1 aliphatic rings. The summed E-state index contributed by atoms with van der Waals surface area (Å²) in [5.41, 5.74) is 1.96. The molecule has 0 aromatic carbocycles. The van der Waals surface area contributed by atoms with Crippen LogP contribution in [0.4, 0.5) is 4.79 Å². The lowest BCUT2D eigenvalue weighted by atomic mass is 9.96. The molecule has 3 rings (SSSR count). The molecule has 1 fully saturated rings. The average molecular weight is 315 g/mol. The fraction of sp³-hybridized carbons (Fsp3) is 0.438. The van der Waals surface area contributed by atoms with Gasteiger partial charge in [-0.3, -0.25) is 9.67 Å². The Kier molecular flexibility index (Phi) is 4.57. The molecule has 0 aliphatic carbocycles. The molecular formula is C16H21N5O2. The van der Waals surface area contributed by atoms with Gasteiger partial charge in [0.15, 0.2) is 0 Å². The Morgan fingerprint density at radius 3 is 2.83 bits per heavy atom. The maximum Gasteiger partial charge on any atom is 0.318 e. The average Bonchev–Trinajstić information content (AvgIpc) is 2.92. The molecule has 7 heteroatoms. The monoisotopic (exact) mass is 315 g/mol. The number of methoxy groups -OCH3 is 1. The van der Waals surface area contributed by atoms with Gasteiger partial charge in [-0.1, -0.05) is 6.07 Å². The maximum atomic E-state index is 12.4. The Labute approximate surface area is 135 Å². The number of nitrogens with one attached hydrogen (secondary N) is 1. The Morgan fingerprint density at radius 2 is 2.22 bits per heavy atom. The summed E-state index contributed by atoms with van der Waals surface area (Å²) in [7, 11) is 3.47. The number of carbonyl (C=O) groups excluding carboxylic acids is 1. The zero-order chi connectivity index (χ0) is 16.2. The van der Waals surface area contributed by atoms with E-state index >= 15 is 0 Å². The summed E-state index contributed by atoms with van der Waals surface area (Å²) in [4.78, 5) is 18.5. The normalized spacial score (nSPS) is 16.0. The number of amides is 2. The second-order valence-electron chi connectivity index (χ2n) is 5.69. The lowest BCUT2D eigenvalue weighted by molar-refractivity contribution is 0.129. The molecule has 2 aromatic rings. The lowest BCUT2D eigenvalue weighted by Crippen LogP contribution is -2.53. The summed E-state index contributed by atoms with van der Waals surface area (Å²) < 4.78 is 6.97. The molecule has 2 aromatic heterocycles. The zero-order valence-electron chi connectivity index (χ0n) is 13.3. The fourth-order valence-corrected chi connectivity index (χ4v) is 2.78. The first-order valence-electron chi connectivity index (χ1n) is 7.62. The summed E-state index contributed by atoms with van der Waals surface area (Å²) >= 11 is 0. The van der Waals surface area contributed by atoms with Crippen LogP contribution < -0.4 is 5.32 Å². The Morgan fingerprint density at radius 1 is 1.39 bits per heavy atom. The van der Waals surface area contributed by atoms with Gasteiger partial charge in [-0.05, 0) is 18.2 Å². The van der Waals surface area contributed by atoms with E-state index in [2.05, 4.69) is 15.4 Å². The minimum Gasteiger partial charge on any atom is -0.382 e. The first-order valence-corrected chi connectivity index (χ1v) is 7.62. The molecule has 0 spiro atoms. The van der Waals surface area contributed by atoms with Crippen molar-refractivity contribution in [2.24, 2.45) is 7.05 Å². The van der Waals surface area contributed by atoms with E-state index < -0.39 is 0 Å². The summed E-state index contributed by atoms with van der Waals surface area (Å²) in [5.74, 6) is 0.319. The van der Waals surface area contributed by atoms with Gasteiger partial charge in [0.2, 0.25) is 0 Å². The first-order chi connectivity index (χ1) is 11.2. The van der Waals surface area contributed by atoms with E-state index in [1.807, 2.05) is 31.3 Å². The minimum absolute atomic E-state index is 0.0829. The summed E-state index contributed by atoms with van der Waals surface area (Å²) in [6.07, 6.45) is 3.50. The van der Waals surface area contributed by atoms with Gasteiger partial charge in [0.05, 0.1) is 18.3 Å². The van der Waals surface area contributed by atoms with E-state index in [1.54, 1.807) is 29.1 Å². The van der Waals surface area contributed by atoms with Gasteiger partial charge in [0.1, 0.15) is 0 Å². The van der Waals surface area contributed by atoms with Gasteiger partial charge in [0, 0.05) is 51.3 Å². The fourth-order valence-electron chi connectivity index (χ4n) is 2.78. The first kappa shape index (κ1) is 15.5. The van der Waals surface area contributed by atoms with Crippen LogP contribution in [-0.2, 0) is 11.8 Å². The van der Waals surface area contributed by atoms with Crippen LogP contribution in [0.2, 0.25) is 0 Å². The molecule has 0 unspecified atom stereocenters. The number of likely N-dealkylation sites (tertiary alicyclic amines) is 1. The highest BCUT2D eigenvalue weighted by atomic mass is 16.5. The van der Waals surface area contributed by atoms with Crippen LogP contribution in [0.25, 0.3) is 0 Å². The number of aryl methyl sites for hydroxylation is 1. The number of hydrogen-bond donors (Lipinski definition) is 1. The Bertz CT molecular complexity index is 652. The van der Waals surface area contributed by atoms with Crippen LogP contribution in [0, 0.1) is 0 Å². The second-order valence-corrected chi connectivity index (χ2v) is 5.69. The third-order valence-electron chi connectivity index (χ3n) is 4.12. The molecule has 0 bridgehead atoms. The van der Waals surface area contributed by atoms with E-state index in [1.165, 1.54) is 0 Å². The molecule has 3 heterocycles. The number of ether oxygens (including phenoxy) is 1. The Hall–Kier alpha value is -2.41. The number of pyridine rings is 1. The SMILES string of the molecule is COC[C@@H](NC(=O)N1CC(c2ccccn2)C1)c1ccnn1C. The highest BCUT2D eigenvalue weighted by Gasteiger charge is 2.33. The smallest absolute Gasteiger partial charge is 0.318 e. The molecule has 0 saturated carbocycles. The van der Waals surface area contributed by atoms with Crippen LogP contribution in [0.15, 0.2) is 36.7 Å². The molecule has 7 nitrogen and oxygen atoms in total. The summed E-state index contributed by atoms with van der Waals surface area (Å²) in [6, 6.07) is 7.47. The quantitative estimate of drug-likeness (QED) is 0.903. The zero-order valence-corrected chi connectivity index (χ0v) is 13.3. The van der Waals surface area contributed by atoms with E-state index in [0.29, 0.717) is 25.6 Å². The molecule has 122 valence electrons. The van der Waals surface area contributed by atoms with E-state index in [0.717, 1.165) is 11.4 Å². The van der Waals surface area contributed by atoms with Gasteiger partial charge >= 0.3 is 6.03 Å². The third kappa shape index (κ3) is 3.34. The number of urea groups is 1. The number of nitrogens with zero attached hydrogens (tertiary/aromatic N) is 4. The van der Waals surface area contributed by atoms with Crippen molar-refractivity contribution in [2.45, 2.75) is 12.0 Å². The standard InChI is InChI=1S/C16H21N5O2/c1-20-15(6-8-18-20)14(11-23-2)19-16(22)21-9-12(10-21)13-5-3-4-7-17-13/h3-8,12,14H,9-11H2,1-2H3,(H,19,22)/t14-/m1/s1. The topological polar surface area (TPSA) is 72.3 Å². The summed E-state index contributed by atoms with van der Waals surface area (Å²) in [6.45, 7) is 1.78. The molecule has 1 atom stereocenters. The van der Waals surface area contributed by atoms with Crippen molar-refractivity contribution in [3.63, 3.8) is 0 Å². The summed E-state index contributed by atoms with van der Waals surface area (Å²) in [5, 5.41) is 7.16. The van der Waals surface area contributed by atoms with Crippen molar-refractivity contribution in [1.29, 1.82) is 0 Å². The van der Waals surface area contributed by atoms with Crippen molar-refractivity contribution in [1.82, 2.24) is 25.0 Å². The highest BCUT2D eigenvalue weighted by Crippen LogP contribution is 2.25. The van der Waals surface area contributed by atoms with Gasteiger partial charge in [0.25, 0.3) is 0 Å². The van der Waals surface area contributed by atoms with Crippen molar-refractivity contribution in [2.75, 3.05) is 26.8 Å².